The lowest BCUT2D eigenvalue weighted by atomic mass is 9.98. The monoisotopic (exact) mass is 340 g/mol. The van der Waals surface area contributed by atoms with Gasteiger partial charge in [0.05, 0.1) is 5.52 Å². The Bertz CT molecular complexity index is 783. The van der Waals surface area contributed by atoms with Crippen LogP contribution in [0.1, 0.15) is 22.9 Å². The molecule has 0 aliphatic rings. The molecule has 2 N–H and O–H groups in total. The topological polar surface area (TPSA) is 38.9 Å². The number of benzene rings is 2. The van der Waals surface area contributed by atoms with Crippen molar-refractivity contribution in [1.82, 2.24) is 4.98 Å². The van der Waals surface area contributed by atoms with Gasteiger partial charge in [-0.05, 0) is 48.7 Å². The molecule has 0 amide bonds. The molecule has 106 valence electrons. The average Bonchev–Trinajstić information content (AvgIpc) is 2.49. The number of aromatic nitrogens is 1. The summed E-state index contributed by atoms with van der Waals surface area (Å²) < 4.78 is 1.11. The predicted molar refractivity (Wildman–Crippen MR) is 91.3 cm³/mol. The normalized spacial score (nSPS) is 12.5. The Balaban J connectivity index is 1.89. The van der Waals surface area contributed by atoms with Gasteiger partial charge in [-0.2, -0.15) is 0 Å². The van der Waals surface area contributed by atoms with E-state index in [1.165, 1.54) is 5.56 Å². The first-order valence-electron chi connectivity index (χ1n) is 7.00. The van der Waals surface area contributed by atoms with Gasteiger partial charge >= 0.3 is 0 Å². The van der Waals surface area contributed by atoms with Crippen LogP contribution in [0.5, 0.6) is 0 Å². The summed E-state index contributed by atoms with van der Waals surface area (Å²) in [5.74, 6) is 0. The van der Waals surface area contributed by atoms with E-state index in [1.807, 2.05) is 25.1 Å². The largest absolute Gasteiger partial charge is 0.324 e. The third kappa shape index (κ3) is 3.14. The lowest BCUT2D eigenvalue weighted by Crippen LogP contribution is -2.13. The zero-order valence-corrected chi connectivity index (χ0v) is 13.5. The number of rotatable bonds is 3. The predicted octanol–water partition coefficient (Wildman–Crippen LogP) is 4.55. The molecule has 3 aromatic rings. The zero-order valence-electron chi connectivity index (χ0n) is 11.9. The van der Waals surface area contributed by atoms with Crippen LogP contribution in [0.15, 0.2) is 59.1 Å². The third-order valence-corrected chi connectivity index (χ3v) is 4.45. The van der Waals surface area contributed by atoms with E-state index in [-0.39, 0.29) is 6.04 Å². The summed E-state index contributed by atoms with van der Waals surface area (Å²) in [6.45, 7) is 2.01. The Hall–Kier alpha value is -1.71. The number of halogens is 1. The molecule has 0 fully saturated rings. The summed E-state index contributed by atoms with van der Waals surface area (Å²) in [5.41, 5.74) is 10.8. The maximum absolute atomic E-state index is 6.38. The summed E-state index contributed by atoms with van der Waals surface area (Å²) in [4.78, 5) is 4.53. The molecule has 1 aromatic heterocycles. The molecule has 1 atom stereocenters. The van der Waals surface area contributed by atoms with Gasteiger partial charge in [-0.1, -0.05) is 46.3 Å². The average molecular weight is 341 g/mol. The van der Waals surface area contributed by atoms with Gasteiger partial charge in [0.1, 0.15) is 0 Å². The second-order valence-corrected chi connectivity index (χ2v) is 6.16. The van der Waals surface area contributed by atoms with Gasteiger partial charge in [0.2, 0.25) is 0 Å². The van der Waals surface area contributed by atoms with E-state index >= 15 is 0 Å². The molecule has 0 aliphatic heterocycles. The molecular formula is C18H17BrN2. The van der Waals surface area contributed by atoms with Crippen LogP contribution in [0.3, 0.4) is 0 Å². The Kier molecular flexibility index (Phi) is 4.04. The SMILES string of the molecule is Cc1ccc2cc(C(N)Cc3ccccc3Br)ccc2n1. The van der Waals surface area contributed by atoms with Crippen molar-refractivity contribution in [3.63, 3.8) is 0 Å². The fourth-order valence-electron chi connectivity index (χ4n) is 2.50. The van der Waals surface area contributed by atoms with Crippen LogP contribution in [0.25, 0.3) is 10.9 Å². The minimum Gasteiger partial charge on any atom is -0.324 e. The molecule has 2 nitrogen and oxygen atoms in total. The molecule has 0 radical (unpaired) electrons. The Morgan fingerprint density at radius 2 is 1.90 bits per heavy atom. The quantitative estimate of drug-likeness (QED) is 0.759. The summed E-state index contributed by atoms with van der Waals surface area (Å²) >= 11 is 3.58. The van der Waals surface area contributed by atoms with Crippen LogP contribution in [-0.2, 0) is 6.42 Å². The zero-order chi connectivity index (χ0) is 14.8. The molecule has 1 unspecified atom stereocenters. The van der Waals surface area contributed by atoms with Crippen molar-refractivity contribution in [3.05, 3.63) is 75.9 Å². The van der Waals surface area contributed by atoms with E-state index < -0.39 is 0 Å². The number of fused-ring (bicyclic) bond motifs is 1. The number of nitrogens with zero attached hydrogens (tertiary/aromatic N) is 1. The molecule has 0 spiro atoms. The lowest BCUT2D eigenvalue weighted by Gasteiger charge is -2.14. The first-order valence-corrected chi connectivity index (χ1v) is 7.79. The fourth-order valence-corrected chi connectivity index (χ4v) is 2.94. The van der Waals surface area contributed by atoms with E-state index in [9.17, 15) is 0 Å². The molecule has 1 heterocycles. The minimum atomic E-state index is -0.0191. The van der Waals surface area contributed by atoms with Crippen molar-refractivity contribution in [2.75, 3.05) is 0 Å². The standard InChI is InChI=1S/C18H17BrN2/c1-12-6-7-15-10-14(8-9-18(15)21-12)17(20)11-13-4-2-3-5-16(13)19/h2-10,17H,11,20H2,1H3. The number of hydrogen-bond acceptors (Lipinski definition) is 2. The smallest absolute Gasteiger partial charge is 0.0705 e. The van der Waals surface area contributed by atoms with E-state index in [1.54, 1.807) is 0 Å². The maximum Gasteiger partial charge on any atom is 0.0705 e. The van der Waals surface area contributed by atoms with Crippen molar-refractivity contribution in [3.8, 4) is 0 Å². The van der Waals surface area contributed by atoms with E-state index in [4.69, 9.17) is 5.73 Å². The van der Waals surface area contributed by atoms with E-state index in [0.29, 0.717) is 0 Å². The molecule has 0 saturated heterocycles. The number of aryl methyl sites for hydroxylation is 1. The molecular weight excluding hydrogens is 324 g/mol. The third-order valence-electron chi connectivity index (χ3n) is 3.68. The molecule has 21 heavy (non-hydrogen) atoms. The van der Waals surface area contributed by atoms with Crippen LogP contribution < -0.4 is 5.73 Å². The van der Waals surface area contributed by atoms with Gasteiger partial charge in [0, 0.05) is 21.6 Å². The van der Waals surface area contributed by atoms with Gasteiger partial charge < -0.3 is 5.73 Å². The van der Waals surface area contributed by atoms with Crippen molar-refractivity contribution in [1.29, 1.82) is 0 Å². The van der Waals surface area contributed by atoms with Gasteiger partial charge in [0.25, 0.3) is 0 Å². The van der Waals surface area contributed by atoms with Crippen LogP contribution >= 0.6 is 15.9 Å². The Morgan fingerprint density at radius 1 is 1.10 bits per heavy atom. The van der Waals surface area contributed by atoms with Crippen molar-refractivity contribution in [2.45, 2.75) is 19.4 Å². The molecule has 2 aromatic carbocycles. The Labute approximate surface area is 133 Å². The lowest BCUT2D eigenvalue weighted by molar-refractivity contribution is 0.721. The minimum absolute atomic E-state index is 0.0191. The van der Waals surface area contributed by atoms with Crippen molar-refractivity contribution in [2.24, 2.45) is 5.73 Å². The van der Waals surface area contributed by atoms with Crippen LogP contribution in [0, 0.1) is 6.92 Å². The molecule has 0 aliphatic carbocycles. The second-order valence-electron chi connectivity index (χ2n) is 5.31. The summed E-state index contributed by atoms with van der Waals surface area (Å²) in [5, 5.41) is 1.14. The number of hydrogen-bond donors (Lipinski definition) is 1. The Morgan fingerprint density at radius 3 is 2.71 bits per heavy atom. The van der Waals surface area contributed by atoms with Gasteiger partial charge in [0.15, 0.2) is 0 Å². The molecule has 3 rings (SSSR count). The highest BCUT2D eigenvalue weighted by molar-refractivity contribution is 9.10. The molecule has 0 saturated carbocycles. The van der Waals surface area contributed by atoms with E-state index in [2.05, 4.69) is 57.3 Å². The van der Waals surface area contributed by atoms with Crippen molar-refractivity contribution < 1.29 is 0 Å². The molecule has 0 bridgehead atoms. The van der Waals surface area contributed by atoms with E-state index in [0.717, 1.165) is 33.1 Å². The highest BCUT2D eigenvalue weighted by atomic mass is 79.9. The first kappa shape index (κ1) is 14.2. The number of pyridine rings is 1. The maximum atomic E-state index is 6.38. The van der Waals surface area contributed by atoms with Crippen molar-refractivity contribution >= 4 is 26.8 Å². The van der Waals surface area contributed by atoms with Gasteiger partial charge in [-0.15, -0.1) is 0 Å². The van der Waals surface area contributed by atoms with Gasteiger partial charge in [-0.25, -0.2) is 0 Å². The summed E-state index contributed by atoms with van der Waals surface area (Å²) in [6, 6.07) is 18.6. The highest BCUT2D eigenvalue weighted by Crippen LogP contribution is 2.24. The molecule has 3 heteroatoms. The van der Waals surface area contributed by atoms with Crippen LogP contribution in [0.2, 0.25) is 0 Å². The highest BCUT2D eigenvalue weighted by Gasteiger charge is 2.10. The van der Waals surface area contributed by atoms with Crippen LogP contribution in [-0.4, -0.2) is 4.98 Å². The summed E-state index contributed by atoms with van der Waals surface area (Å²) in [7, 11) is 0. The first-order chi connectivity index (χ1) is 10.1. The fraction of sp³-hybridized carbons (Fsp3) is 0.167. The number of nitrogens with two attached hydrogens (primary N) is 1. The van der Waals surface area contributed by atoms with Crippen LogP contribution in [0.4, 0.5) is 0 Å². The second kappa shape index (κ2) is 5.96. The van der Waals surface area contributed by atoms with Gasteiger partial charge in [-0.3, -0.25) is 4.98 Å². The summed E-state index contributed by atoms with van der Waals surface area (Å²) in [6.07, 6.45) is 0.812.